The van der Waals surface area contributed by atoms with Gasteiger partial charge in [-0.2, -0.15) is 0 Å². The lowest BCUT2D eigenvalue weighted by Gasteiger charge is -2.13. The molecule has 0 aliphatic heterocycles. The van der Waals surface area contributed by atoms with E-state index in [2.05, 4.69) is 0 Å². The summed E-state index contributed by atoms with van der Waals surface area (Å²) in [5.74, 6) is -3.21. The second-order valence-corrected chi connectivity index (χ2v) is 4.90. The van der Waals surface area contributed by atoms with Crippen LogP contribution in [-0.2, 0) is 22.1 Å². The molecule has 0 atom stereocenters. The third-order valence-electron chi connectivity index (χ3n) is 3.15. The van der Waals surface area contributed by atoms with Crippen molar-refractivity contribution in [2.45, 2.75) is 26.4 Å². The van der Waals surface area contributed by atoms with Gasteiger partial charge in [0.2, 0.25) is 0 Å². The Bertz CT molecular complexity index is 628. The summed E-state index contributed by atoms with van der Waals surface area (Å²) in [6, 6.07) is 13.6. The molecule has 0 saturated heterocycles. The lowest BCUT2D eigenvalue weighted by Crippen LogP contribution is -2.06. The van der Waals surface area contributed by atoms with Gasteiger partial charge in [0.1, 0.15) is 6.61 Å². The molecular formula is C17H16F2O2. The molecule has 0 aliphatic rings. The molecule has 0 fully saturated rings. The summed E-state index contributed by atoms with van der Waals surface area (Å²) in [4.78, 5) is 10.9. The zero-order valence-corrected chi connectivity index (χ0v) is 11.9. The standard InChI is InChI=1S/C17H16F2O2/c1-12(20)21-11-14-5-3-4-6-16(14)13-7-9-15(10-8-13)17(2,18)19/h3-10H,11H2,1-2H3. The van der Waals surface area contributed by atoms with Gasteiger partial charge in [-0.3, -0.25) is 4.79 Å². The van der Waals surface area contributed by atoms with Crippen molar-refractivity contribution >= 4 is 5.97 Å². The molecule has 0 radical (unpaired) electrons. The summed E-state index contributed by atoms with van der Waals surface area (Å²) in [6.07, 6.45) is 0. The smallest absolute Gasteiger partial charge is 0.302 e. The number of carbonyl (C=O) groups is 1. The van der Waals surface area contributed by atoms with Crippen molar-refractivity contribution in [1.29, 1.82) is 0 Å². The Balaban J connectivity index is 2.31. The van der Waals surface area contributed by atoms with E-state index in [1.807, 2.05) is 24.3 Å². The molecule has 4 heteroatoms. The number of rotatable bonds is 4. The van der Waals surface area contributed by atoms with Gasteiger partial charge < -0.3 is 4.74 Å². The molecule has 0 heterocycles. The van der Waals surface area contributed by atoms with Gasteiger partial charge in [-0.1, -0.05) is 48.5 Å². The van der Waals surface area contributed by atoms with E-state index in [1.165, 1.54) is 19.1 Å². The lowest BCUT2D eigenvalue weighted by atomic mass is 9.98. The first-order chi connectivity index (χ1) is 9.88. The molecule has 2 aromatic rings. The number of alkyl halides is 2. The molecular weight excluding hydrogens is 274 g/mol. The number of hydrogen-bond donors (Lipinski definition) is 0. The van der Waals surface area contributed by atoms with Crippen molar-refractivity contribution in [3.8, 4) is 11.1 Å². The lowest BCUT2D eigenvalue weighted by molar-refractivity contribution is -0.142. The average Bonchev–Trinajstić information content (AvgIpc) is 2.44. The van der Waals surface area contributed by atoms with Crippen LogP contribution in [0.3, 0.4) is 0 Å². The van der Waals surface area contributed by atoms with E-state index >= 15 is 0 Å². The Kier molecular flexibility index (Phi) is 4.36. The van der Waals surface area contributed by atoms with Gasteiger partial charge in [-0.15, -0.1) is 0 Å². The van der Waals surface area contributed by atoms with Crippen molar-refractivity contribution in [1.82, 2.24) is 0 Å². The van der Waals surface area contributed by atoms with Crippen LogP contribution in [0.4, 0.5) is 8.78 Å². The molecule has 0 amide bonds. The summed E-state index contributed by atoms with van der Waals surface area (Å²) >= 11 is 0. The SMILES string of the molecule is CC(=O)OCc1ccccc1-c1ccc(C(C)(F)F)cc1. The first-order valence-electron chi connectivity index (χ1n) is 6.58. The number of ether oxygens (including phenoxy) is 1. The van der Waals surface area contributed by atoms with E-state index in [9.17, 15) is 13.6 Å². The number of esters is 1. The molecule has 2 nitrogen and oxygen atoms in total. The van der Waals surface area contributed by atoms with Gasteiger partial charge in [0.25, 0.3) is 5.92 Å². The number of halogens is 2. The largest absolute Gasteiger partial charge is 0.461 e. The molecule has 0 aromatic heterocycles. The fourth-order valence-corrected chi connectivity index (χ4v) is 2.05. The maximum atomic E-state index is 13.2. The van der Waals surface area contributed by atoms with Gasteiger partial charge in [0, 0.05) is 19.4 Å². The number of carbonyl (C=O) groups excluding carboxylic acids is 1. The molecule has 0 aliphatic carbocycles. The zero-order chi connectivity index (χ0) is 15.5. The quantitative estimate of drug-likeness (QED) is 0.773. The van der Waals surface area contributed by atoms with Crippen LogP contribution in [0.5, 0.6) is 0 Å². The van der Waals surface area contributed by atoms with E-state index in [0.29, 0.717) is 0 Å². The van der Waals surface area contributed by atoms with Crippen molar-refractivity contribution in [3.05, 3.63) is 59.7 Å². The third-order valence-corrected chi connectivity index (χ3v) is 3.15. The van der Waals surface area contributed by atoms with Crippen molar-refractivity contribution in [2.75, 3.05) is 0 Å². The normalized spacial score (nSPS) is 11.2. The summed E-state index contributed by atoms with van der Waals surface area (Å²) in [7, 11) is 0. The first-order valence-corrected chi connectivity index (χ1v) is 6.58. The van der Waals surface area contributed by atoms with E-state index in [-0.39, 0.29) is 18.1 Å². The van der Waals surface area contributed by atoms with E-state index in [1.54, 1.807) is 12.1 Å². The topological polar surface area (TPSA) is 26.3 Å². The first kappa shape index (κ1) is 15.2. The van der Waals surface area contributed by atoms with E-state index in [4.69, 9.17) is 4.74 Å². The van der Waals surface area contributed by atoms with Crippen LogP contribution in [0.2, 0.25) is 0 Å². The molecule has 0 N–H and O–H groups in total. The van der Waals surface area contributed by atoms with Crippen molar-refractivity contribution in [2.24, 2.45) is 0 Å². The van der Waals surface area contributed by atoms with Crippen LogP contribution in [0.25, 0.3) is 11.1 Å². The van der Waals surface area contributed by atoms with Crippen LogP contribution < -0.4 is 0 Å². The molecule has 0 spiro atoms. The average molecular weight is 290 g/mol. The molecule has 0 unspecified atom stereocenters. The van der Waals surface area contributed by atoms with Crippen LogP contribution in [-0.4, -0.2) is 5.97 Å². The Labute approximate surface area is 122 Å². The molecule has 2 aromatic carbocycles. The van der Waals surface area contributed by atoms with Crippen molar-refractivity contribution < 1.29 is 18.3 Å². The maximum absolute atomic E-state index is 13.2. The highest BCUT2D eigenvalue weighted by Crippen LogP contribution is 2.30. The van der Waals surface area contributed by atoms with Crippen LogP contribution in [0.15, 0.2) is 48.5 Å². The van der Waals surface area contributed by atoms with Gasteiger partial charge in [-0.05, 0) is 16.7 Å². The summed E-state index contributed by atoms with van der Waals surface area (Å²) in [5, 5.41) is 0. The second kappa shape index (κ2) is 6.04. The Hall–Kier alpha value is -2.23. The maximum Gasteiger partial charge on any atom is 0.302 e. The van der Waals surface area contributed by atoms with E-state index < -0.39 is 5.92 Å². The molecule has 110 valence electrons. The highest BCUT2D eigenvalue weighted by atomic mass is 19.3. The summed E-state index contributed by atoms with van der Waals surface area (Å²) < 4.78 is 31.4. The highest BCUT2D eigenvalue weighted by Gasteiger charge is 2.23. The van der Waals surface area contributed by atoms with Gasteiger partial charge in [0.15, 0.2) is 0 Å². The summed E-state index contributed by atoms with van der Waals surface area (Å²) in [6.45, 7) is 2.38. The Morgan fingerprint density at radius 3 is 2.29 bits per heavy atom. The predicted molar refractivity (Wildman–Crippen MR) is 76.9 cm³/mol. The Morgan fingerprint density at radius 2 is 1.71 bits per heavy atom. The third kappa shape index (κ3) is 3.88. The number of benzene rings is 2. The summed E-state index contributed by atoms with van der Waals surface area (Å²) in [5.41, 5.74) is 2.49. The Morgan fingerprint density at radius 1 is 1.10 bits per heavy atom. The predicted octanol–water partition coefficient (Wildman–Crippen LogP) is 4.53. The molecule has 0 bridgehead atoms. The van der Waals surface area contributed by atoms with Gasteiger partial charge in [-0.25, -0.2) is 8.78 Å². The fourth-order valence-electron chi connectivity index (χ4n) is 2.05. The molecule has 21 heavy (non-hydrogen) atoms. The van der Waals surface area contributed by atoms with Crippen molar-refractivity contribution in [3.63, 3.8) is 0 Å². The van der Waals surface area contributed by atoms with Gasteiger partial charge >= 0.3 is 5.97 Å². The minimum atomic E-state index is -2.85. The molecule has 2 rings (SSSR count). The van der Waals surface area contributed by atoms with Crippen LogP contribution in [0.1, 0.15) is 25.0 Å². The molecule has 0 saturated carbocycles. The minimum Gasteiger partial charge on any atom is -0.461 e. The second-order valence-electron chi connectivity index (χ2n) is 4.90. The van der Waals surface area contributed by atoms with Crippen LogP contribution in [0, 0.1) is 0 Å². The van der Waals surface area contributed by atoms with E-state index in [0.717, 1.165) is 23.6 Å². The fraction of sp³-hybridized carbons (Fsp3) is 0.235. The number of hydrogen-bond acceptors (Lipinski definition) is 2. The minimum absolute atomic E-state index is 0.0243. The van der Waals surface area contributed by atoms with Crippen LogP contribution >= 0.6 is 0 Å². The van der Waals surface area contributed by atoms with Gasteiger partial charge in [0.05, 0.1) is 0 Å². The highest BCUT2D eigenvalue weighted by molar-refractivity contribution is 5.69. The zero-order valence-electron chi connectivity index (χ0n) is 11.9. The monoisotopic (exact) mass is 290 g/mol.